The molecule has 104 valence electrons. The molecule has 0 aliphatic carbocycles. The highest BCUT2D eigenvalue weighted by molar-refractivity contribution is 5.99. The summed E-state index contributed by atoms with van der Waals surface area (Å²) in [6.07, 6.45) is 0. The van der Waals surface area contributed by atoms with Gasteiger partial charge in [-0.25, -0.2) is 0 Å². The van der Waals surface area contributed by atoms with E-state index in [4.69, 9.17) is 0 Å². The van der Waals surface area contributed by atoms with E-state index in [9.17, 15) is 4.79 Å². The lowest BCUT2D eigenvalue weighted by Crippen LogP contribution is -2.23. The number of carbonyl (C=O) groups is 1. The molecule has 20 heavy (non-hydrogen) atoms. The number of hydrogen-bond acceptors (Lipinski definition) is 2. The van der Waals surface area contributed by atoms with Crippen LogP contribution in [0.5, 0.6) is 0 Å². The summed E-state index contributed by atoms with van der Waals surface area (Å²) in [6, 6.07) is 13.9. The quantitative estimate of drug-likeness (QED) is 0.893. The minimum Gasteiger partial charge on any atom is -0.387 e. The van der Waals surface area contributed by atoms with Crippen LogP contribution in [0.1, 0.15) is 27.0 Å². The predicted molar refractivity (Wildman–Crippen MR) is 83.1 cm³/mol. The van der Waals surface area contributed by atoms with Gasteiger partial charge in [0.05, 0.1) is 5.56 Å². The van der Waals surface area contributed by atoms with Gasteiger partial charge in [-0.1, -0.05) is 35.9 Å². The van der Waals surface area contributed by atoms with Gasteiger partial charge < -0.3 is 10.6 Å². The normalized spacial score (nSPS) is 10.2. The van der Waals surface area contributed by atoms with Crippen LogP contribution >= 0.6 is 0 Å². The Labute approximate surface area is 120 Å². The smallest absolute Gasteiger partial charge is 0.253 e. The molecule has 0 unspecified atom stereocenters. The SMILES string of the molecule is CNc1cc(C)ccc1C(=O)NCc1cccc(C)c1. The fraction of sp³-hybridized carbons (Fsp3) is 0.235. The van der Waals surface area contributed by atoms with Crippen LogP contribution in [0, 0.1) is 13.8 Å². The monoisotopic (exact) mass is 268 g/mol. The van der Waals surface area contributed by atoms with Crippen molar-refractivity contribution in [3.8, 4) is 0 Å². The Balaban J connectivity index is 2.09. The Morgan fingerprint density at radius 3 is 2.50 bits per heavy atom. The maximum absolute atomic E-state index is 12.2. The summed E-state index contributed by atoms with van der Waals surface area (Å²) in [5, 5.41) is 6.02. The average Bonchev–Trinajstić information content (AvgIpc) is 2.44. The van der Waals surface area contributed by atoms with Gasteiger partial charge in [0.25, 0.3) is 5.91 Å². The van der Waals surface area contributed by atoms with E-state index in [0.29, 0.717) is 12.1 Å². The van der Waals surface area contributed by atoms with Crippen molar-refractivity contribution in [1.82, 2.24) is 5.32 Å². The molecule has 1 amide bonds. The maximum atomic E-state index is 12.2. The summed E-state index contributed by atoms with van der Waals surface area (Å²) in [6.45, 7) is 4.59. The van der Waals surface area contributed by atoms with Crippen molar-refractivity contribution in [3.05, 3.63) is 64.7 Å². The van der Waals surface area contributed by atoms with Gasteiger partial charge in [0.15, 0.2) is 0 Å². The first-order valence-corrected chi connectivity index (χ1v) is 6.72. The van der Waals surface area contributed by atoms with Gasteiger partial charge in [-0.2, -0.15) is 0 Å². The third kappa shape index (κ3) is 3.38. The molecule has 0 aliphatic rings. The predicted octanol–water partition coefficient (Wildman–Crippen LogP) is 3.28. The molecule has 2 aromatic carbocycles. The lowest BCUT2D eigenvalue weighted by Gasteiger charge is -2.11. The number of carbonyl (C=O) groups excluding carboxylic acids is 1. The van der Waals surface area contributed by atoms with Crippen LogP contribution in [0.3, 0.4) is 0 Å². The van der Waals surface area contributed by atoms with Gasteiger partial charge in [-0.05, 0) is 37.1 Å². The summed E-state index contributed by atoms with van der Waals surface area (Å²) in [4.78, 5) is 12.2. The van der Waals surface area contributed by atoms with E-state index < -0.39 is 0 Å². The van der Waals surface area contributed by atoms with Crippen LogP contribution in [0.4, 0.5) is 5.69 Å². The van der Waals surface area contributed by atoms with Crippen LogP contribution < -0.4 is 10.6 Å². The summed E-state index contributed by atoms with van der Waals surface area (Å²) >= 11 is 0. The molecule has 3 heteroatoms. The molecule has 0 saturated heterocycles. The zero-order valence-electron chi connectivity index (χ0n) is 12.2. The lowest BCUT2D eigenvalue weighted by atomic mass is 10.1. The molecule has 0 atom stereocenters. The third-order valence-corrected chi connectivity index (χ3v) is 3.22. The molecule has 0 heterocycles. The van der Waals surface area contributed by atoms with E-state index in [0.717, 1.165) is 16.8 Å². The number of rotatable bonds is 4. The van der Waals surface area contributed by atoms with E-state index in [1.807, 2.05) is 57.3 Å². The Morgan fingerprint density at radius 1 is 1.05 bits per heavy atom. The molecule has 3 nitrogen and oxygen atoms in total. The number of anilines is 1. The zero-order chi connectivity index (χ0) is 14.5. The molecule has 0 spiro atoms. The number of amides is 1. The highest BCUT2D eigenvalue weighted by Crippen LogP contribution is 2.17. The Morgan fingerprint density at radius 2 is 1.80 bits per heavy atom. The number of aryl methyl sites for hydroxylation is 2. The molecule has 2 rings (SSSR count). The first-order chi connectivity index (χ1) is 9.60. The van der Waals surface area contributed by atoms with Crippen LogP contribution in [-0.4, -0.2) is 13.0 Å². The molecule has 0 aromatic heterocycles. The second kappa shape index (κ2) is 6.24. The van der Waals surface area contributed by atoms with E-state index >= 15 is 0 Å². The van der Waals surface area contributed by atoms with Crippen molar-refractivity contribution < 1.29 is 4.79 Å². The number of benzene rings is 2. The molecule has 0 aliphatic heterocycles. The number of nitrogens with one attached hydrogen (secondary N) is 2. The maximum Gasteiger partial charge on any atom is 0.253 e. The highest BCUT2D eigenvalue weighted by Gasteiger charge is 2.10. The van der Waals surface area contributed by atoms with Crippen molar-refractivity contribution in [2.24, 2.45) is 0 Å². The highest BCUT2D eigenvalue weighted by atomic mass is 16.1. The Kier molecular flexibility index (Phi) is 4.41. The topological polar surface area (TPSA) is 41.1 Å². The zero-order valence-corrected chi connectivity index (χ0v) is 12.2. The second-order valence-electron chi connectivity index (χ2n) is 4.97. The van der Waals surface area contributed by atoms with Crippen LogP contribution in [0.2, 0.25) is 0 Å². The van der Waals surface area contributed by atoms with E-state index in [-0.39, 0.29) is 5.91 Å². The van der Waals surface area contributed by atoms with Crippen molar-refractivity contribution in [1.29, 1.82) is 0 Å². The first-order valence-electron chi connectivity index (χ1n) is 6.72. The van der Waals surface area contributed by atoms with E-state index in [1.165, 1.54) is 5.56 Å². The van der Waals surface area contributed by atoms with Crippen molar-refractivity contribution in [3.63, 3.8) is 0 Å². The Hall–Kier alpha value is -2.29. The third-order valence-electron chi connectivity index (χ3n) is 3.22. The molecule has 0 radical (unpaired) electrons. The van der Waals surface area contributed by atoms with Crippen molar-refractivity contribution in [2.75, 3.05) is 12.4 Å². The Bertz CT molecular complexity index is 620. The summed E-state index contributed by atoms with van der Waals surface area (Å²) in [5.41, 5.74) is 4.96. The average molecular weight is 268 g/mol. The van der Waals surface area contributed by atoms with Gasteiger partial charge in [0.2, 0.25) is 0 Å². The summed E-state index contributed by atoms with van der Waals surface area (Å²) in [5.74, 6) is -0.0594. The van der Waals surface area contributed by atoms with Crippen LogP contribution in [0.15, 0.2) is 42.5 Å². The van der Waals surface area contributed by atoms with Gasteiger partial charge in [0, 0.05) is 19.3 Å². The largest absolute Gasteiger partial charge is 0.387 e. The standard InChI is InChI=1S/C17H20N2O/c1-12-5-4-6-14(9-12)11-19-17(20)15-8-7-13(2)10-16(15)18-3/h4-10,18H,11H2,1-3H3,(H,19,20). The minimum atomic E-state index is -0.0594. The van der Waals surface area contributed by atoms with Crippen molar-refractivity contribution in [2.45, 2.75) is 20.4 Å². The molecular formula is C17H20N2O. The molecule has 0 saturated carbocycles. The van der Waals surface area contributed by atoms with Gasteiger partial charge in [-0.3, -0.25) is 4.79 Å². The molecule has 2 N–H and O–H groups in total. The van der Waals surface area contributed by atoms with Gasteiger partial charge in [-0.15, -0.1) is 0 Å². The fourth-order valence-electron chi connectivity index (χ4n) is 2.16. The number of hydrogen-bond donors (Lipinski definition) is 2. The van der Waals surface area contributed by atoms with Crippen LogP contribution in [-0.2, 0) is 6.54 Å². The van der Waals surface area contributed by atoms with Gasteiger partial charge >= 0.3 is 0 Å². The molecule has 0 bridgehead atoms. The summed E-state index contributed by atoms with van der Waals surface area (Å²) < 4.78 is 0. The molecule has 0 fully saturated rings. The second-order valence-corrected chi connectivity index (χ2v) is 4.97. The van der Waals surface area contributed by atoms with Crippen molar-refractivity contribution >= 4 is 11.6 Å². The molecular weight excluding hydrogens is 248 g/mol. The molecule has 2 aromatic rings. The lowest BCUT2D eigenvalue weighted by molar-refractivity contribution is 0.0951. The summed E-state index contributed by atoms with van der Waals surface area (Å²) in [7, 11) is 1.83. The van der Waals surface area contributed by atoms with E-state index in [1.54, 1.807) is 0 Å². The van der Waals surface area contributed by atoms with Gasteiger partial charge in [0.1, 0.15) is 0 Å². The minimum absolute atomic E-state index is 0.0594. The van der Waals surface area contributed by atoms with Crippen LogP contribution in [0.25, 0.3) is 0 Å². The van der Waals surface area contributed by atoms with E-state index in [2.05, 4.69) is 16.7 Å². The first kappa shape index (κ1) is 14.1. The fourth-order valence-corrected chi connectivity index (χ4v) is 2.16.